The Hall–Kier alpha value is -1.84. The lowest BCUT2D eigenvalue weighted by atomic mass is 10.0. The van der Waals surface area contributed by atoms with Crippen molar-refractivity contribution < 1.29 is 4.42 Å². The van der Waals surface area contributed by atoms with E-state index in [-0.39, 0.29) is 6.04 Å². The van der Waals surface area contributed by atoms with E-state index in [0.29, 0.717) is 0 Å². The molecule has 2 nitrogen and oxygen atoms in total. The minimum absolute atomic E-state index is 0.0956. The van der Waals surface area contributed by atoms with E-state index in [1.165, 1.54) is 10.4 Å². The van der Waals surface area contributed by atoms with Crippen LogP contribution in [0, 0.1) is 0 Å². The van der Waals surface area contributed by atoms with Gasteiger partial charge in [-0.05, 0) is 29.1 Å². The maximum atomic E-state index is 5.56. The molecule has 0 aliphatic carbocycles. The first-order valence-electron chi connectivity index (χ1n) is 6.27. The lowest BCUT2D eigenvalue weighted by Crippen LogP contribution is -2.21. The van der Waals surface area contributed by atoms with E-state index >= 15 is 0 Å². The van der Waals surface area contributed by atoms with Crippen LogP contribution in [0.2, 0.25) is 0 Å². The van der Waals surface area contributed by atoms with Crippen LogP contribution in [0.3, 0.4) is 0 Å². The summed E-state index contributed by atoms with van der Waals surface area (Å²) in [4.78, 5) is 1.33. The quantitative estimate of drug-likeness (QED) is 0.750. The predicted octanol–water partition coefficient (Wildman–Crippen LogP) is 4.22. The molecule has 0 saturated carbocycles. The van der Waals surface area contributed by atoms with Crippen LogP contribution < -0.4 is 5.32 Å². The molecule has 0 aliphatic rings. The van der Waals surface area contributed by atoms with Gasteiger partial charge in [0.25, 0.3) is 0 Å². The van der Waals surface area contributed by atoms with Crippen LogP contribution >= 0.6 is 11.3 Å². The van der Waals surface area contributed by atoms with Gasteiger partial charge in [0.2, 0.25) is 0 Å². The Morgan fingerprint density at radius 2 is 1.89 bits per heavy atom. The molecule has 1 aromatic carbocycles. The Morgan fingerprint density at radius 3 is 2.58 bits per heavy atom. The summed E-state index contributed by atoms with van der Waals surface area (Å²) in [6.07, 6.45) is 1.72. The van der Waals surface area contributed by atoms with Gasteiger partial charge in [0.05, 0.1) is 12.3 Å². The largest absolute Gasteiger partial charge is 0.467 e. The van der Waals surface area contributed by atoms with Gasteiger partial charge in [0.1, 0.15) is 5.76 Å². The smallest absolute Gasteiger partial charge is 0.125 e. The van der Waals surface area contributed by atoms with E-state index in [4.69, 9.17) is 4.42 Å². The predicted molar refractivity (Wildman–Crippen MR) is 78.2 cm³/mol. The number of rotatable bonds is 5. The van der Waals surface area contributed by atoms with E-state index in [9.17, 15) is 0 Å². The molecule has 0 aliphatic heterocycles. The van der Waals surface area contributed by atoms with Crippen molar-refractivity contribution in [2.24, 2.45) is 0 Å². The van der Waals surface area contributed by atoms with Crippen LogP contribution in [-0.4, -0.2) is 0 Å². The van der Waals surface area contributed by atoms with Crippen LogP contribution in [0.4, 0.5) is 0 Å². The molecule has 3 aromatic rings. The second kappa shape index (κ2) is 5.87. The molecule has 1 N–H and O–H groups in total. The summed E-state index contributed by atoms with van der Waals surface area (Å²) in [7, 11) is 0. The van der Waals surface area contributed by atoms with Gasteiger partial charge in [-0.1, -0.05) is 36.4 Å². The zero-order chi connectivity index (χ0) is 12.9. The maximum absolute atomic E-state index is 5.56. The van der Waals surface area contributed by atoms with E-state index in [2.05, 4.69) is 47.1 Å². The highest BCUT2D eigenvalue weighted by Crippen LogP contribution is 2.23. The van der Waals surface area contributed by atoms with Crippen LogP contribution in [0.5, 0.6) is 0 Å². The molecule has 0 bridgehead atoms. The third-order valence-electron chi connectivity index (χ3n) is 3.02. The first-order valence-corrected chi connectivity index (χ1v) is 7.15. The summed E-state index contributed by atoms with van der Waals surface area (Å²) in [6.45, 7) is 0.845. The standard InChI is InChI=1S/C16H15NOS/c1-2-6-13(7-3-1)16(15-9-4-10-18-15)17-12-14-8-5-11-19-14/h1-11,16-17H,12H2. The van der Waals surface area contributed by atoms with Crippen molar-refractivity contribution in [1.29, 1.82) is 0 Å². The van der Waals surface area contributed by atoms with Crippen LogP contribution in [0.1, 0.15) is 22.2 Å². The first kappa shape index (κ1) is 12.2. The summed E-state index contributed by atoms with van der Waals surface area (Å²) in [5.41, 5.74) is 1.22. The van der Waals surface area contributed by atoms with E-state index in [1.807, 2.05) is 18.2 Å². The van der Waals surface area contributed by atoms with Crippen molar-refractivity contribution in [3.8, 4) is 0 Å². The van der Waals surface area contributed by atoms with Gasteiger partial charge in [-0.15, -0.1) is 11.3 Å². The summed E-state index contributed by atoms with van der Waals surface area (Å²) < 4.78 is 5.56. The van der Waals surface area contributed by atoms with Crippen molar-refractivity contribution in [1.82, 2.24) is 5.32 Å². The van der Waals surface area contributed by atoms with Gasteiger partial charge in [0, 0.05) is 11.4 Å². The average molecular weight is 269 g/mol. The molecule has 1 unspecified atom stereocenters. The average Bonchev–Trinajstić information content (AvgIpc) is 3.13. The lowest BCUT2D eigenvalue weighted by Gasteiger charge is -2.16. The lowest BCUT2D eigenvalue weighted by molar-refractivity contribution is 0.447. The Morgan fingerprint density at radius 1 is 1.00 bits per heavy atom. The van der Waals surface area contributed by atoms with Crippen molar-refractivity contribution in [2.75, 3.05) is 0 Å². The van der Waals surface area contributed by atoms with Gasteiger partial charge in [-0.25, -0.2) is 0 Å². The topological polar surface area (TPSA) is 25.2 Å². The molecule has 19 heavy (non-hydrogen) atoms. The monoisotopic (exact) mass is 269 g/mol. The van der Waals surface area contributed by atoms with Crippen molar-refractivity contribution in [2.45, 2.75) is 12.6 Å². The number of hydrogen-bond acceptors (Lipinski definition) is 3. The molecule has 0 spiro atoms. The first-order chi connectivity index (χ1) is 9.43. The van der Waals surface area contributed by atoms with E-state index in [0.717, 1.165) is 12.3 Å². The molecule has 2 aromatic heterocycles. The molecule has 1 atom stereocenters. The second-order valence-electron chi connectivity index (χ2n) is 4.32. The highest BCUT2D eigenvalue weighted by Gasteiger charge is 2.15. The molecule has 96 valence electrons. The van der Waals surface area contributed by atoms with Crippen molar-refractivity contribution in [3.63, 3.8) is 0 Å². The number of benzene rings is 1. The fourth-order valence-corrected chi connectivity index (χ4v) is 2.76. The Kier molecular flexibility index (Phi) is 3.77. The highest BCUT2D eigenvalue weighted by atomic mass is 32.1. The van der Waals surface area contributed by atoms with Gasteiger partial charge in [0.15, 0.2) is 0 Å². The van der Waals surface area contributed by atoms with Crippen molar-refractivity contribution >= 4 is 11.3 Å². The summed E-state index contributed by atoms with van der Waals surface area (Å²) >= 11 is 1.76. The van der Waals surface area contributed by atoms with Gasteiger partial charge < -0.3 is 4.42 Å². The molecule has 2 heterocycles. The van der Waals surface area contributed by atoms with Gasteiger partial charge >= 0.3 is 0 Å². The highest BCUT2D eigenvalue weighted by molar-refractivity contribution is 7.09. The molecular formula is C16H15NOS. The maximum Gasteiger partial charge on any atom is 0.125 e. The zero-order valence-electron chi connectivity index (χ0n) is 10.5. The summed E-state index contributed by atoms with van der Waals surface area (Å²) in [5, 5.41) is 5.66. The number of thiophene rings is 1. The Balaban J connectivity index is 1.81. The molecule has 0 saturated heterocycles. The minimum Gasteiger partial charge on any atom is -0.467 e. The van der Waals surface area contributed by atoms with E-state index < -0.39 is 0 Å². The zero-order valence-corrected chi connectivity index (χ0v) is 11.3. The second-order valence-corrected chi connectivity index (χ2v) is 5.35. The van der Waals surface area contributed by atoms with Crippen LogP contribution in [-0.2, 0) is 6.54 Å². The third kappa shape index (κ3) is 2.95. The molecule has 0 radical (unpaired) electrons. The molecule has 3 heteroatoms. The normalized spacial score (nSPS) is 12.4. The fourth-order valence-electron chi connectivity index (χ4n) is 2.10. The molecule has 0 fully saturated rings. The summed E-state index contributed by atoms with van der Waals surface area (Å²) in [6, 6.07) is 18.6. The third-order valence-corrected chi connectivity index (χ3v) is 3.90. The van der Waals surface area contributed by atoms with Crippen LogP contribution in [0.25, 0.3) is 0 Å². The van der Waals surface area contributed by atoms with Crippen molar-refractivity contribution in [3.05, 3.63) is 82.4 Å². The van der Waals surface area contributed by atoms with E-state index in [1.54, 1.807) is 17.6 Å². The Labute approximate surface area is 116 Å². The molecule has 3 rings (SSSR count). The minimum atomic E-state index is 0.0956. The van der Waals surface area contributed by atoms with Gasteiger partial charge in [-0.2, -0.15) is 0 Å². The summed E-state index contributed by atoms with van der Waals surface area (Å²) in [5.74, 6) is 0.947. The van der Waals surface area contributed by atoms with Crippen LogP contribution in [0.15, 0.2) is 70.7 Å². The number of hydrogen-bond donors (Lipinski definition) is 1. The SMILES string of the molecule is c1ccc(C(NCc2cccs2)c2ccco2)cc1. The molecule has 0 amide bonds. The Bertz CT molecular complexity index is 587. The number of furan rings is 1. The molecular weight excluding hydrogens is 254 g/mol. The number of nitrogens with one attached hydrogen (secondary N) is 1. The fraction of sp³-hybridized carbons (Fsp3) is 0.125. The van der Waals surface area contributed by atoms with Gasteiger partial charge in [-0.3, -0.25) is 5.32 Å².